The minimum atomic E-state index is 0.707. The number of halogens is 1. The van der Waals surface area contributed by atoms with Crippen molar-refractivity contribution in [2.24, 2.45) is 7.05 Å². The lowest BCUT2D eigenvalue weighted by atomic mass is 10.0. The van der Waals surface area contributed by atoms with Gasteiger partial charge in [-0.05, 0) is 43.0 Å². The first-order valence-corrected chi connectivity index (χ1v) is 7.03. The highest BCUT2D eigenvalue weighted by atomic mass is 35.5. The quantitative estimate of drug-likeness (QED) is 0.928. The van der Waals surface area contributed by atoms with Crippen LogP contribution in [0.5, 0.6) is 0 Å². The molecule has 1 fully saturated rings. The molecule has 1 N–H and O–H groups in total. The summed E-state index contributed by atoms with van der Waals surface area (Å²) in [5.74, 6) is 0. The normalized spacial score (nSPS) is 14.9. The van der Waals surface area contributed by atoms with Gasteiger partial charge in [-0.1, -0.05) is 17.7 Å². The first-order chi connectivity index (χ1) is 9.15. The zero-order valence-corrected chi connectivity index (χ0v) is 12.0. The number of hydrogen-bond donors (Lipinski definition) is 1. The number of aryl methyl sites for hydroxylation is 1. The lowest BCUT2D eigenvalue weighted by molar-refractivity contribution is 0.688. The summed E-state index contributed by atoms with van der Waals surface area (Å²) in [7, 11) is 1.96. The Hall–Kier alpha value is -1.32. The van der Waals surface area contributed by atoms with Crippen molar-refractivity contribution in [2.75, 3.05) is 0 Å². The third kappa shape index (κ3) is 2.67. The molecular formula is C15H18ClN3. The second-order valence-corrected chi connectivity index (χ2v) is 5.66. The molecule has 3 nitrogen and oxygen atoms in total. The molecule has 100 valence electrons. The third-order valence-electron chi connectivity index (χ3n) is 3.76. The second-order valence-electron chi connectivity index (χ2n) is 5.22. The standard InChI is InChI=1S/C15H18ClN3/c1-10-15(9-18-19(10)2)14-7-12(16)4-3-11(14)8-17-13-5-6-13/h3-4,7,9,13,17H,5-6,8H2,1-2H3. The van der Waals surface area contributed by atoms with Gasteiger partial charge < -0.3 is 5.32 Å². The molecule has 0 bridgehead atoms. The SMILES string of the molecule is Cc1c(-c2cc(Cl)ccc2CNC2CC2)cnn1C. The van der Waals surface area contributed by atoms with Crippen LogP contribution >= 0.6 is 11.6 Å². The summed E-state index contributed by atoms with van der Waals surface area (Å²) in [5, 5.41) is 8.65. The molecule has 1 aromatic heterocycles. The van der Waals surface area contributed by atoms with Crippen LogP contribution < -0.4 is 5.32 Å². The highest BCUT2D eigenvalue weighted by Gasteiger charge is 2.21. The Labute approximate surface area is 118 Å². The van der Waals surface area contributed by atoms with E-state index >= 15 is 0 Å². The van der Waals surface area contributed by atoms with Gasteiger partial charge in [-0.3, -0.25) is 4.68 Å². The highest BCUT2D eigenvalue weighted by molar-refractivity contribution is 6.30. The molecule has 0 saturated heterocycles. The van der Waals surface area contributed by atoms with Crippen LogP contribution in [0.4, 0.5) is 0 Å². The Morgan fingerprint density at radius 2 is 2.16 bits per heavy atom. The van der Waals surface area contributed by atoms with Gasteiger partial charge in [-0.25, -0.2) is 0 Å². The van der Waals surface area contributed by atoms with Crippen molar-refractivity contribution < 1.29 is 0 Å². The summed E-state index contributed by atoms with van der Waals surface area (Å²) in [6, 6.07) is 6.81. The average Bonchev–Trinajstić information content (AvgIpc) is 3.16. The fraction of sp³-hybridized carbons (Fsp3) is 0.400. The maximum atomic E-state index is 6.15. The smallest absolute Gasteiger partial charge is 0.0571 e. The maximum absolute atomic E-state index is 6.15. The van der Waals surface area contributed by atoms with Gasteiger partial charge in [0.15, 0.2) is 0 Å². The molecule has 4 heteroatoms. The van der Waals surface area contributed by atoms with Crippen LogP contribution in [-0.4, -0.2) is 15.8 Å². The van der Waals surface area contributed by atoms with Gasteiger partial charge in [0.25, 0.3) is 0 Å². The molecular weight excluding hydrogens is 258 g/mol. The molecule has 19 heavy (non-hydrogen) atoms. The number of nitrogens with one attached hydrogen (secondary N) is 1. The van der Waals surface area contributed by atoms with Crippen molar-refractivity contribution in [3.05, 3.63) is 40.7 Å². The number of benzene rings is 1. The molecule has 1 heterocycles. The van der Waals surface area contributed by atoms with E-state index in [2.05, 4.69) is 23.4 Å². The van der Waals surface area contributed by atoms with E-state index in [4.69, 9.17) is 11.6 Å². The topological polar surface area (TPSA) is 29.9 Å². The predicted octanol–water partition coefficient (Wildman–Crippen LogP) is 3.30. The highest BCUT2D eigenvalue weighted by Crippen LogP contribution is 2.30. The van der Waals surface area contributed by atoms with Crippen molar-refractivity contribution in [2.45, 2.75) is 32.4 Å². The van der Waals surface area contributed by atoms with Crippen LogP contribution in [0.3, 0.4) is 0 Å². The number of aromatic nitrogens is 2. The van der Waals surface area contributed by atoms with E-state index in [0.717, 1.165) is 22.8 Å². The van der Waals surface area contributed by atoms with Gasteiger partial charge in [0, 0.05) is 35.9 Å². The lowest BCUT2D eigenvalue weighted by Gasteiger charge is -2.11. The molecule has 0 atom stereocenters. The van der Waals surface area contributed by atoms with Crippen molar-refractivity contribution in [3.8, 4) is 11.1 Å². The molecule has 0 aliphatic heterocycles. The first kappa shape index (κ1) is 12.7. The lowest BCUT2D eigenvalue weighted by Crippen LogP contribution is -2.15. The average molecular weight is 276 g/mol. The Morgan fingerprint density at radius 3 is 2.79 bits per heavy atom. The predicted molar refractivity (Wildman–Crippen MR) is 78.3 cm³/mol. The third-order valence-corrected chi connectivity index (χ3v) is 3.99. The minimum absolute atomic E-state index is 0.707. The van der Waals surface area contributed by atoms with E-state index in [-0.39, 0.29) is 0 Å². The number of nitrogens with zero attached hydrogens (tertiary/aromatic N) is 2. The summed E-state index contributed by atoms with van der Waals surface area (Å²) < 4.78 is 1.90. The van der Waals surface area contributed by atoms with Gasteiger partial charge in [-0.15, -0.1) is 0 Å². The van der Waals surface area contributed by atoms with Crippen molar-refractivity contribution >= 4 is 11.6 Å². The van der Waals surface area contributed by atoms with Gasteiger partial charge in [-0.2, -0.15) is 5.10 Å². The van der Waals surface area contributed by atoms with Gasteiger partial charge in [0.1, 0.15) is 0 Å². The Morgan fingerprint density at radius 1 is 1.37 bits per heavy atom. The molecule has 1 aliphatic carbocycles. The van der Waals surface area contributed by atoms with Gasteiger partial charge in [0.05, 0.1) is 6.20 Å². The van der Waals surface area contributed by atoms with Crippen LogP contribution in [0.1, 0.15) is 24.1 Å². The molecule has 0 spiro atoms. The van der Waals surface area contributed by atoms with Crippen molar-refractivity contribution in [3.63, 3.8) is 0 Å². The number of rotatable bonds is 4. The summed E-state index contributed by atoms with van der Waals surface area (Å²) in [6.45, 7) is 2.98. The summed E-state index contributed by atoms with van der Waals surface area (Å²) >= 11 is 6.15. The van der Waals surface area contributed by atoms with E-state index in [9.17, 15) is 0 Å². The molecule has 1 saturated carbocycles. The number of hydrogen-bond acceptors (Lipinski definition) is 2. The Kier molecular flexibility index (Phi) is 3.33. The fourth-order valence-electron chi connectivity index (χ4n) is 2.26. The van der Waals surface area contributed by atoms with Gasteiger partial charge >= 0.3 is 0 Å². The first-order valence-electron chi connectivity index (χ1n) is 6.66. The monoisotopic (exact) mass is 275 g/mol. The summed E-state index contributed by atoms with van der Waals surface area (Å²) in [5.41, 5.74) is 4.80. The zero-order valence-electron chi connectivity index (χ0n) is 11.3. The molecule has 1 aliphatic rings. The fourth-order valence-corrected chi connectivity index (χ4v) is 2.43. The second kappa shape index (κ2) is 4.99. The van der Waals surface area contributed by atoms with E-state index in [1.54, 1.807) is 0 Å². The van der Waals surface area contributed by atoms with Gasteiger partial charge in [0.2, 0.25) is 0 Å². The molecule has 3 rings (SSSR count). The van der Waals surface area contributed by atoms with Crippen LogP contribution in [0.2, 0.25) is 5.02 Å². The van der Waals surface area contributed by atoms with Crippen LogP contribution in [0, 0.1) is 6.92 Å². The summed E-state index contributed by atoms with van der Waals surface area (Å²) in [6.07, 6.45) is 4.52. The maximum Gasteiger partial charge on any atom is 0.0571 e. The molecule has 0 amide bonds. The Bertz CT molecular complexity index is 599. The van der Waals surface area contributed by atoms with Crippen LogP contribution in [0.25, 0.3) is 11.1 Å². The molecule has 2 aromatic rings. The molecule has 0 unspecified atom stereocenters. The largest absolute Gasteiger partial charge is 0.310 e. The van der Waals surface area contributed by atoms with Crippen molar-refractivity contribution in [1.29, 1.82) is 0 Å². The van der Waals surface area contributed by atoms with E-state index in [0.29, 0.717) is 6.04 Å². The van der Waals surface area contributed by atoms with E-state index in [1.807, 2.05) is 30.1 Å². The molecule has 1 aromatic carbocycles. The van der Waals surface area contributed by atoms with Crippen LogP contribution in [0.15, 0.2) is 24.4 Å². The minimum Gasteiger partial charge on any atom is -0.310 e. The van der Waals surface area contributed by atoms with E-state index < -0.39 is 0 Å². The Balaban J connectivity index is 1.97. The summed E-state index contributed by atoms with van der Waals surface area (Å²) in [4.78, 5) is 0. The van der Waals surface area contributed by atoms with Crippen molar-refractivity contribution in [1.82, 2.24) is 15.1 Å². The zero-order chi connectivity index (χ0) is 13.4. The van der Waals surface area contributed by atoms with Crippen LogP contribution in [-0.2, 0) is 13.6 Å². The molecule has 0 radical (unpaired) electrons. The van der Waals surface area contributed by atoms with E-state index in [1.165, 1.54) is 24.0 Å².